The Hall–Kier alpha value is -0.770. The van der Waals surface area contributed by atoms with Crippen molar-refractivity contribution in [1.29, 1.82) is 0 Å². The highest BCUT2D eigenvalue weighted by atomic mass is 16.2. The van der Waals surface area contributed by atoms with Crippen molar-refractivity contribution >= 4 is 6.03 Å². The van der Waals surface area contributed by atoms with Crippen LogP contribution in [0.1, 0.15) is 32.6 Å². The monoisotopic (exact) mass is 227 g/mol. The largest absolute Gasteiger partial charge is 0.338 e. The molecule has 1 fully saturated rings. The van der Waals surface area contributed by atoms with Gasteiger partial charge in [0.2, 0.25) is 0 Å². The maximum Gasteiger partial charge on any atom is 0.317 e. The second-order valence-electron chi connectivity index (χ2n) is 5.06. The van der Waals surface area contributed by atoms with E-state index in [0.29, 0.717) is 0 Å². The minimum Gasteiger partial charge on any atom is -0.338 e. The summed E-state index contributed by atoms with van der Waals surface area (Å²) in [5.41, 5.74) is 0.221. The van der Waals surface area contributed by atoms with Gasteiger partial charge in [-0.05, 0) is 39.8 Å². The molecule has 2 amide bonds. The van der Waals surface area contributed by atoms with E-state index < -0.39 is 0 Å². The molecule has 1 rings (SSSR count). The molecule has 1 N–H and O–H groups in total. The van der Waals surface area contributed by atoms with E-state index in [9.17, 15) is 4.79 Å². The molecule has 1 aliphatic rings. The van der Waals surface area contributed by atoms with Crippen LogP contribution >= 0.6 is 0 Å². The summed E-state index contributed by atoms with van der Waals surface area (Å²) in [5.74, 6) is 0. The summed E-state index contributed by atoms with van der Waals surface area (Å²) in [4.78, 5) is 15.8. The van der Waals surface area contributed by atoms with Gasteiger partial charge in [0.15, 0.2) is 0 Å². The number of nitrogens with zero attached hydrogens (tertiary/aromatic N) is 2. The molecular weight excluding hydrogens is 202 g/mol. The molecule has 0 saturated heterocycles. The number of hydrogen-bond acceptors (Lipinski definition) is 2. The molecule has 16 heavy (non-hydrogen) atoms. The van der Waals surface area contributed by atoms with Crippen molar-refractivity contribution in [2.45, 2.75) is 38.1 Å². The summed E-state index contributed by atoms with van der Waals surface area (Å²) < 4.78 is 0. The summed E-state index contributed by atoms with van der Waals surface area (Å²) >= 11 is 0. The van der Waals surface area contributed by atoms with Gasteiger partial charge in [-0.25, -0.2) is 4.79 Å². The average molecular weight is 227 g/mol. The minimum absolute atomic E-state index is 0.0509. The number of urea groups is 1. The summed E-state index contributed by atoms with van der Waals surface area (Å²) in [6.45, 7) is 3.65. The van der Waals surface area contributed by atoms with Crippen molar-refractivity contribution in [1.82, 2.24) is 15.1 Å². The van der Waals surface area contributed by atoms with Crippen LogP contribution in [0.2, 0.25) is 0 Å². The molecule has 0 aromatic heterocycles. The number of hydrogen-bond donors (Lipinski definition) is 1. The molecule has 4 heteroatoms. The highest BCUT2D eigenvalue weighted by molar-refractivity contribution is 5.73. The predicted octanol–water partition coefficient (Wildman–Crippen LogP) is 1.52. The van der Waals surface area contributed by atoms with E-state index in [4.69, 9.17) is 0 Å². The Kier molecular flexibility index (Phi) is 4.59. The van der Waals surface area contributed by atoms with Crippen LogP contribution in [0.15, 0.2) is 0 Å². The highest BCUT2D eigenvalue weighted by Crippen LogP contribution is 2.36. The van der Waals surface area contributed by atoms with Crippen LogP contribution in [0, 0.1) is 0 Å². The second-order valence-corrected chi connectivity index (χ2v) is 5.06. The number of rotatable bonds is 5. The Bertz CT molecular complexity index is 236. The lowest BCUT2D eigenvalue weighted by molar-refractivity contribution is 0.0364. The Morgan fingerprint density at radius 2 is 1.94 bits per heavy atom. The zero-order chi connectivity index (χ0) is 12.2. The SMILES string of the molecule is CCCNC(=O)N(C)CC1(N(C)C)CCC1. The van der Waals surface area contributed by atoms with Gasteiger partial charge in [-0.15, -0.1) is 0 Å². The molecule has 94 valence electrons. The van der Waals surface area contributed by atoms with Gasteiger partial charge in [0, 0.05) is 25.7 Å². The molecule has 0 radical (unpaired) electrons. The molecule has 0 bridgehead atoms. The van der Waals surface area contributed by atoms with Crippen molar-refractivity contribution in [3.63, 3.8) is 0 Å². The average Bonchev–Trinajstić information content (AvgIpc) is 2.18. The zero-order valence-electron chi connectivity index (χ0n) is 11.0. The van der Waals surface area contributed by atoms with Crippen LogP contribution in [-0.4, -0.2) is 55.6 Å². The van der Waals surface area contributed by atoms with E-state index >= 15 is 0 Å². The molecule has 0 spiro atoms. The zero-order valence-corrected chi connectivity index (χ0v) is 11.0. The highest BCUT2D eigenvalue weighted by Gasteiger charge is 2.40. The Morgan fingerprint density at radius 1 is 1.31 bits per heavy atom. The fourth-order valence-corrected chi connectivity index (χ4v) is 2.21. The second kappa shape index (κ2) is 5.53. The first-order valence-electron chi connectivity index (χ1n) is 6.18. The van der Waals surface area contributed by atoms with Crippen LogP contribution in [0.4, 0.5) is 4.79 Å². The normalized spacial score (nSPS) is 18.1. The van der Waals surface area contributed by atoms with Gasteiger partial charge in [0.05, 0.1) is 0 Å². The van der Waals surface area contributed by atoms with Gasteiger partial charge in [0.25, 0.3) is 0 Å². The number of nitrogens with one attached hydrogen (secondary N) is 1. The third kappa shape index (κ3) is 2.88. The van der Waals surface area contributed by atoms with E-state index in [-0.39, 0.29) is 11.6 Å². The number of carbonyl (C=O) groups excluding carboxylic acids is 1. The smallest absolute Gasteiger partial charge is 0.317 e. The summed E-state index contributed by atoms with van der Waals surface area (Å²) in [6, 6.07) is 0.0509. The van der Waals surface area contributed by atoms with Gasteiger partial charge in [0.1, 0.15) is 0 Å². The van der Waals surface area contributed by atoms with Crippen molar-refractivity contribution in [3.05, 3.63) is 0 Å². The molecular formula is C12H25N3O. The maximum absolute atomic E-state index is 11.7. The lowest BCUT2D eigenvalue weighted by Gasteiger charge is -2.49. The molecule has 0 atom stereocenters. The molecule has 0 aromatic carbocycles. The van der Waals surface area contributed by atoms with Gasteiger partial charge < -0.3 is 15.1 Å². The standard InChI is InChI=1S/C12H25N3O/c1-5-9-13-11(16)15(4)10-12(14(2)3)7-6-8-12/h5-10H2,1-4H3,(H,13,16). The third-order valence-corrected chi connectivity index (χ3v) is 3.64. The van der Waals surface area contributed by atoms with Crippen LogP contribution in [0.5, 0.6) is 0 Å². The molecule has 0 unspecified atom stereocenters. The molecule has 4 nitrogen and oxygen atoms in total. The number of amides is 2. The minimum atomic E-state index is 0.0509. The number of carbonyl (C=O) groups is 1. The summed E-state index contributed by atoms with van der Waals surface area (Å²) in [6.07, 6.45) is 4.66. The summed E-state index contributed by atoms with van der Waals surface area (Å²) in [7, 11) is 6.10. The fourth-order valence-electron chi connectivity index (χ4n) is 2.21. The molecule has 0 aromatic rings. The van der Waals surface area contributed by atoms with Crippen molar-refractivity contribution in [2.75, 3.05) is 34.2 Å². The Morgan fingerprint density at radius 3 is 2.31 bits per heavy atom. The first kappa shape index (κ1) is 13.3. The summed E-state index contributed by atoms with van der Waals surface area (Å²) in [5, 5.41) is 2.91. The van der Waals surface area contributed by atoms with Crippen molar-refractivity contribution in [2.24, 2.45) is 0 Å². The predicted molar refractivity (Wildman–Crippen MR) is 66.6 cm³/mol. The maximum atomic E-state index is 11.7. The van der Waals surface area contributed by atoms with Gasteiger partial charge >= 0.3 is 6.03 Å². The van der Waals surface area contributed by atoms with Crippen LogP contribution in [-0.2, 0) is 0 Å². The molecule has 1 saturated carbocycles. The topological polar surface area (TPSA) is 35.6 Å². The van der Waals surface area contributed by atoms with Crippen molar-refractivity contribution < 1.29 is 4.79 Å². The lowest BCUT2D eigenvalue weighted by Crippen LogP contribution is -2.58. The third-order valence-electron chi connectivity index (χ3n) is 3.64. The van der Waals surface area contributed by atoms with Gasteiger partial charge in [-0.3, -0.25) is 0 Å². The Balaban J connectivity index is 2.43. The fraction of sp³-hybridized carbons (Fsp3) is 0.917. The first-order chi connectivity index (χ1) is 7.52. The molecule has 0 aliphatic heterocycles. The van der Waals surface area contributed by atoms with E-state index in [1.165, 1.54) is 19.3 Å². The molecule has 0 heterocycles. The van der Waals surface area contributed by atoms with Gasteiger partial charge in [-0.1, -0.05) is 6.92 Å². The number of likely N-dealkylation sites (N-methyl/N-ethyl adjacent to an activating group) is 2. The van der Waals surface area contributed by atoms with Crippen LogP contribution in [0.3, 0.4) is 0 Å². The quantitative estimate of drug-likeness (QED) is 0.773. The van der Waals surface area contributed by atoms with E-state index in [1.54, 1.807) is 0 Å². The van der Waals surface area contributed by atoms with Crippen LogP contribution in [0.25, 0.3) is 0 Å². The Labute approximate surface area is 99.0 Å². The van der Waals surface area contributed by atoms with Crippen LogP contribution < -0.4 is 5.32 Å². The van der Waals surface area contributed by atoms with E-state index in [2.05, 4.69) is 31.2 Å². The van der Waals surface area contributed by atoms with Gasteiger partial charge in [-0.2, -0.15) is 0 Å². The lowest BCUT2D eigenvalue weighted by atomic mass is 9.75. The van der Waals surface area contributed by atoms with Crippen molar-refractivity contribution in [3.8, 4) is 0 Å². The molecule has 1 aliphatic carbocycles. The van der Waals surface area contributed by atoms with E-state index in [0.717, 1.165) is 19.5 Å². The van der Waals surface area contributed by atoms with E-state index in [1.807, 2.05) is 11.9 Å². The first-order valence-corrected chi connectivity index (χ1v) is 6.18.